The lowest BCUT2D eigenvalue weighted by Gasteiger charge is -2.38. The summed E-state index contributed by atoms with van der Waals surface area (Å²) < 4.78 is 37.6. The topological polar surface area (TPSA) is 29.3 Å². The van der Waals surface area contributed by atoms with Gasteiger partial charge in [-0.2, -0.15) is 13.2 Å². The molecule has 2 rings (SSSR count). The van der Waals surface area contributed by atoms with Gasteiger partial charge in [0, 0.05) is 18.6 Å². The number of nitrogens with zero attached hydrogens (tertiary/aromatic N) is 1. The van der Waals surface area contributed by atoms with Gasteiger partial charge in [-0.3, -0.25) is 4.90 Å². The fraction of sp³-hybridized carbons (Fsp3) is 0.600. The fourth-order valence-electron chi connectivity index (χ4n) is 2.64. The molecule has 0 radical (unpaired) electrons. The van der Waals surface area contributed by atoms with E-state index in [4.69, 9.17) is 5.73 Å². The highest BCUT2D eigenvalue weighted by Crippen LogP contribution is 2.31. The molecule has 0 aliphatic carbocycles. The van der Waals surface area contributed by atoms with Crippen molar-refractivity contribution in [2.75, 3.05) is 13.1 Å². The Kier molecular flexibility index (Phi) is 4.39. The van der Waals surface area contributed by atoms with Crippen LogP contribution in [0.1, 0.15) is 37.4 Å². The van der Waals surface area contributed by atoms with Crippen LogP contribution in [0.2, 0.25) is 0 Å². The molecular weight excluding hydrogens is 265 g/mol. The Hall–Kier alpha value is -1.07. The van der Waals surface area contributed by atoms with Crippen molar-refractivity contribution in [3.05, 3.63) is 35.4 Å². The maximum Gasteiger partial charge on any atom is 0.416 e. The van der Waals surface area contributed by atoms with Crippen LogP contribution in [0.3, 0.4) is 0 Å². The predicted octanol–water partition coefficient (Wildman–Crippen LogP) is 3.44. The van der Waals surface area contributed by atoms with E-state index in [0.717, 1.165) is 37.2 Å². The summed E-state index contributed by atoms with van der Waals surface area (Å²) in [6.07, 6.45) is -3.24. The third kappa shape index (κ3) is 3.33. The first-order chi connectivity index (χ1) is 9.29. The molecule has 20 heavy (non-hydrogen) atoms. The molecule has 1 aliphatic heterocycles. The molecule has 2 nitrogen and oxygen atoms in total. The van der Waals surface area contributed by atoms with Crippen molar-refractivity contribution in [3.63, 3.8) is 0 Å². The van der Waals surface area contributed by atoms with Crippen LogP contribution in [-0.4, -0.2) is 24.0 Å². The molecule has 112 valence electrons. The number of rotatable bonds is 2. The number of alkyl halides is 3. The van der Waals surface area contributed by atoms with E-state index in [0.29, 0.717) is 5.92 Å². The standard InChI is InChI=1S/C15H21F3N2/c1-10-7-8-20(9-14(10)19)11(2)12-3-5-13(6-4-12)15(16,17)18/h3-6,10-11,14H,7-9,19H2,1-2H3. The SMILES string of the molecule is CC1CCN(C(C)c2ccc(C(F)(F)F)cc2)CC1N. The number of nitrogens with two attached hydrogens (primary N) is 1. The highest BCUT2D eigenvalue weighted by Gasteiger charge is 2.31. The average Bonchev–Trinajstić information content (AvgIpc) is 2.40. The molecule has 0 saturated carbocycles. The lowest BCUT2D eigenvalue weighted by atomic mass is 9.92. The molecule has 0 spiro atoms. The first-order valence-corrected chi connectivity index (χ1v) is 6.96. The van der Waals surface area contributed by atoms with E-state index in [-0.39, 0.29) is 12.1 Å². The van der Waals surface area contributed by atoms with Crippen molar-refractivity contribution in [2.45, 2.75) is 38.5 Å². The minimum atomic E-state index is -4.27. The Morgan fingerprint density at radius 3 is 2.35 bits per heavy atom. The monoisotopic (exact) mass is 286 g/mol. The van der Waals surface area contributed by atoms with E-state index in [9.17, 15) is 13.2 Å². The van der Waals surface area contributed by atoms with Crippen LogP contribution < -0.4 is 5.73 Å². The van der Waals surface area contributed by atoms with Crippen molar-refractivity contribution in [3.8, 4) is 0 Å². The molecule has 0 aromatic heterocycles. The van der Waals surface area contributed by atoms with Crippen molar-refractivity contribution in [2.24, 2.45) is 11.7 Å². The summed E-state index contributed by atoms with van der Waals surface area (Å²) in [5.41, 5.74) is 6.38. The van der Waals surface area contributed by atoms with Gasteiger partial charge in [0.1, 0.15) is 0 Å². The second kappa shape index (κ2) is 5.74. The van der Waals surface area contributed by atoms with Gasteiger partial charge in [-0.25, -0.2) is 0 Å². The molecule has 1 saturated heterocycles. The molecule has 0 bridgehead atoms. The van der Waals surface area contributed by atoms with E-state index in [2.05, 4.69) is 11.8 Å². The van der Waals surface area contributed by atoms with E-state index in [1.54, 1.807) is 12.1 Å². The Labute approximate surface area is 117 Å². The smallest absolute Gasteiger partial charge is 0.326 e. The molecule has 1 aliphatic rings. The maximum absolute atomic E-state index is 12.5. The third-order valence-corrected chi connectivity index (χ3v) is 4.32. The van der Waals surface area contributed by atoms with Crippen LogP contribution in [-0.2, 0) is 6.18 Å². The third-order valence-electron chi connectivity index (χ3n) is 4.32. The summed E-state index contributed by atoms with van der Waals surface area (Å²) in [5, 5.41) is 0. The van der Waals surface area contributed by atoms with E-state index in [1.807, 2.05) is 6.92 Å². The molecule has 5 heteroatoms. The van der Waals surface area contributed by atoms with Gasteiger partial charge in [-0.15, -0.1) is 0 Å². The van der Waals surface area contributed by atoms with E-state index >= 15 is 0 Å². The van der Waals surface area contributed by atoms with Gasteiger partial charge in [0.25, 0.3) is 0 Å². The first-order valence-electron chi connectivity index (χ1n) is 6.96. The maximum atomic E-state index is 12.5. The molecule has 1 aromatic rings. The largest absolute Gasteiger partial charge is 0.416 e. The molecule has 2 N–H and O–H groups in total. The molecule has 1 aromatic carbocycles. The summed E-state index contributed by atoms with van der Waals surface area (Å²) in [6.45, 7) is 5.90. The number of benzene rings is 1. The van der Waals surface area contributed by atoms with Gasteiger partial charge in [0.05, 0.1) is 5.56 Å². The average molecular weight is 286 g/mol. The minimum Gasteiger partial charge on any atom is -0.326 e. The first kappa shape index (κ1) is 15.3. The highest BCUT2D eigenvalue weighted by atomic mass is 19.4. The molecule has 0 amide bonds. The second-order valence-corrected chi connectivity index (χ2v) is 5.72. The Bertz CT molecular complexity index is 441. The molecular formula is C15H21F3N2. The van der Waals surface area contributed by atoms with Gasteiger partial charge in [0.15, 0.2) is 0 Å². The zero-order chi connectivity index (χ0) is 14.9. The molecule has 1 heterocycles. The highest BCUT2D eigenvalue weighted by molar-refractivity contribution is 5.26. The van der Waals surface area contributed by atoms with Crippen LogP contribution in [0.15, 0.2) is 24.3 Å². The number of likely N-dealkylation sites (tertiary alicyclic amines) is 1. The van der Waals surface area contributed by atoms with Crippen LogP contribution in [0.25, 0.3) is 0 Å². The zero-order valence-electron chi connectivity index (χ0n) is 11.8. The number of hydrogen-bond acceptors (Lipinski definition) is 2. The van der Waals surface area contributed by atoms with Crippen molar-refractivity contribution >= 4 is 0 Å². The second-order valence-electron chi connectivity index (χ2n) is 5.72. The lowest BCUT2D eigenvalue weighted by Crippen LogP contribution is -2.48. The van der Waals surface area contributed by atoms with Crippen LogP contribution in [0.4, 0.5) is 13.2 Å². The van der Waals surface area contributed by atoms with Gasteiger partial charge in [-0.1, -0.05) is 19.1 Å². The Morgan fingerprint density at radius 2 is 1.85 bits per heavy atom. The predicted molar refractivity (Wildman–Crippen MR) is 73.2 cm³/mol. The lowest BCUT2D eigenvalue weighted by molar-refractivity contribution is -0.137. The van der Waals surface area contributed by atoms with Crippen LogP contribution in [0, 0.1) is 5.92 Å². The minimum absolute atomic E-state index is 0.0934. The molecule has 1 fully saturated rings. The van der Waals surface area contributed by atoms with Gasteiger partial charge in [0.2, 0.25) is 0 Å². The summed E-state index contributed by atoms with van der Waals surface area (Å²) in [7, 11) is 0. The summed E-state index contributed by atoms with van der Waals surface area (Å²) in [5.74, 6) is 0.506. The van der Waals surface area contributed by atoms with Crippen molar-refractivity contribution in [1.29, 1.82) is 0 Å². The number of hydrogen-bond donors (Lipinski definition) is 1. The summed E-state index contributed by atoms with van der Waals surface area (Å²) in [4.78, 5) is 2.24. The Morgan fingerprint density at radius 1 is 1.25 bits per heavy atom. The van der Waals surface area contributed by atoms with Gasteiger partial charge >= 0.3 is 6.18 Å². The van der Waals surface area contributed by atoms with E-state index < -0.39 is 11.7 Å². The fourth-order valence-corrected chi connectivity index (χ4v) is 2.64. The summed E-state index contributed by atoms with van der Waals surface area (Å²) >= 11 is 0. The normalized spacial score (nSPS) is 26.5. The number of halogens is 3. The molecule has 3 unspecified atom stereocenters. The van der Waals surface area contributed by atoms with E-state index in [1.165, 1.54) is 0 Å². The van der Waals surface area contributed by atoms with Gasteiger partial charge < -0.3 is 5.73 Å². The summed E-state index contributed by atoms with van der Waals surface area (Å²) in [6, 6.07) is 5.67. The van der Waals surface area contributed by atoms with Crippen LogP contribution in [0.5, 0.6) is 0 Å². The van der Waals surface area contributed by atoms with Crippen molar-refractivity contribution < 1.29 is 13.2 Å². The van der Waals surface area contributed by atoms with Gasteiger partial charge in [-0.05, 0) is 43.5 Å². The number of piperidine rings is 1. The quantitative estimate of drug-likeness (QED) is 0.902. The Balaban J connectivity index is 2.08. The zero-order valence-corrected chi connectivity index (χ0v) is 11.8. The molecule has 3 atom stereocenters. The van der Waals surface area contributed by atoms with Crippen LogP contribution >= 0.6 is 0 Å². The van der Waals surface area contributed by atoms with Crippen molar-refractivity contribution in [1.82, 2.24) is 4.90 Å².